The van der Waals surface area contributed by atoms with Crippen molar-refractivity contribution in [1.82, 2.24) is 9.97 Å². The van der Waals surface area contributed by atoms with Gasteiger partial charge in [-0.3, -0.25) is 0 Å². The van der Waals surface area contributed by atoms with Gasteiger partial charge in [-0.25, -0.2) is 4.98 Å². The summed E-state index contributed by atoms with van der Waals surface area (Å²) in [6.45, 7) is 6.04. The van der Waals surface area contributed by atoms with E-state index in [9.17, 15) is 18.3 Å². The van der Waals surface area contributed by atoms with E-state index in [0.29, 0.717) is 6.42 Å². The standard InChI is InChI=1S/C13H21F3N4O/c1-12(2,3)6-8(21)7-18-10-5-9(13(14,15)16)19-11(17-4)20-10/h5,8,21H,6-7H2,1-4H3,(H2,17,18,19,20). The number of aromatic nitrogens is 2. The molecule has 1 aromatic heterocycles. The molecule has 0 saturated heterocycles. The molecule has 0 saturated carbocycles. The normalized spacial score (nSPS) is 13.9. The second kappa shape index (κ2) is 6.46. The smallest absolute Gasteiger partial charge is 0.391 e. The monoisotopic (exact) mass is 306 g/mol. The van der Waals surface area contributed by atoms with Crippen LogP contribution in [0.2, 0.25) is 0 Å². The Balaban J connectivity index is 2.79. The highest BCUT2D eigenvalue weighted by atomic mass is 19.4. The molecule has 120 valence electrons. The number of halogens is 3. The van der Waals surface area contributed by atoms with Crippen LogP contribution in [0.3, 0.4) is 0 Å². The number of aliphatic hydroxyl groups is 1. The van der Waals surface area contributed by atoms with Crippen LogP contribution in [0.1, 0.15) is 32.9 Å². The summed E-state index contributed by atoms with van der Waals surface area (Å²) in [5.41, 5.74) is -1.10. The van der Waals surface area contributed by atoms with Crippen molar-refractivity contribution in [2.45, 2.75) is 39.5 Å². The van der Waals surface area contributed by atoms with Crippen LogP contribution in [0.15, 0.2) is 6.07 Å². The summed E-state index contributed by atoms with van der Waals surface area (Å²) in [6, 6.07) is 0.824. The lowest BCUT2D eigenvalue weighted by Gasteiger charge is -2.22. The Morgan fingerprint density at radius 2 is 1.86 bits per heavy atom. The Hall–Kier alpha value is -1.57. The molecule has 1 heterocycles. The number of nitrogens with one attached hydrogen (secondary N) is 2. The van der Waals surface area contributed by atoms with E-state index in [1.165, 1.54) is 7.05 Å². The molecule has 0 spiro atoms. The minimum atomic E-state index is -4.55. The van der Waals surface area contributed by atoms with Gasteiger partial charge in [0, 0.05) is 19.7 Å². The van der Waals surface area contributed by atoms with Gasteiger partial charge in [-0.1, -0.05) is 20.8 Å². The molecule has 1 aromatic rings. The molecule has 1 unspecified atom stereocenters. The van der Waals surface area contributed by atoms with Crippen LogP contribution < -0.4 is 10.6 Å². The van der Waals surface area contributed by atoms with Crippen molar-refractivity contribution in [1.29, 1.82) is 0 Å². The van der Waals surface area contributed by atoms with Gasteiger partial charge in [0.1, 0.15) is 5.82 Å². The van der Waals surface area contributed by atoms with E-state index in [1.807, 2.05) is 20.8 Å². The van der Waals surface area contributed by atoms with Crippen LogP contribution in [0.25, 0.3) is 0 Å². The third-order valence-electron chi connectivity index (χ3n) is 2.61. The Morgan fingerprint density at radius 1 is 1.24 bits per heavy atom. The predicted molar refractivity (Wildman–Crippen MR) is 75.1 cm³/mol. The average molecular weight is 306 g/mol. The van der Waals surface area contributed by atoms with E-state index in [1.54, 1.807) is 0 Å². The van der Waals surface area contributed by atoms with Gasteiger partial charge in [-0.15, -0.1) is 0 Å². The maximum atomic E-state index is 12.7. The SMILES string of the molecule is CNc1nc(NCC(O)CC(C)(C)C)cc(C(F)(F)F)n1. The van der Waals surface area contributed by atoms with Gasteiger partial charge < -0.3 is 15.7 Å². The van der Waals surface area contributed by atoms with Crippen LogP contribution in [-0.2, 0) is 6.18 Å². The minimum Gasteiger partial charge on any atom is -0.391 e. The Morgan fingerprint density at radius 3 is 2.33 bits per heavy atom. The van der Waals surface area contributed by atoms with E-state index in [0.717, 1.165) is 6.07 Å². The lowest BCUT2D eigenvalue weighted by molar-refractivity contribution is -0.141. The molecule has 0 amide bonds. The Labute approximate surface area is 122 Å². The number of aliphatic hydroxyl groups excluding tert-OH is 1. The molecular weight excluding hydrogens is 285 g/mol. The molecule has 0 fully saturated rings. The number of hydrogen-bond acceptors (Lipinski definition) is 5. The van der Waals surface area contributed by atoms with E-state index in [4.69, 9.17) is 0 Å². The van der Waals surface area contributed by atoms with Crippen LogP contribution >= 0.6 is 0 Å². The highest BCUT2D eigenvalue weighted by Crippen LogP contribution is 2.29. The third-order valence-corrected chi connectivity index (χ3v) is 2.61. The number of anilines is 2. The molecular formula is C13H21F3N4O. The zero-order valence-corrected chi connectivity index (χ0v) is 12.5. The highest BCUT2D eigenvalue weighted by Gasteiger charge is 2.33. The van der Waals surface area contributed by atoms with Gasteiger partial charge in [0.05, 0.1) is 6.10 Å². The van der Waals surface area contributed by atoms with Crippen LogP contribution in [0.4, 0.5) is 24.9 Å². The van der Waals surface area contributed by atoms with Crippen molar-refractivity contribution in [3.05, 3.63) is 11.8 Å². The number of alkyl halides is 3. The fraction of sp³-hybridized carbons (Fsp3) is 0.692. The molecule has 1 rings (SSSR count). The first-order chi connectivity index (χ1) is 9.51. The number of rotatable bonds is 5. The number of hydrogen-bond donors (Lipinski definition) is 3. The summed E-state index contributed by atoms with van der Waals surface area (Å²) in [5, 5.41) is 15.1. The molecule has 0 aliphatic carbocycles. The second-order valence-electron chi connectivity index (χ2n) is 6.01. The average Bonchev–Trinajstić information content (AvgIpc) is 2.33. The van der Waals surface area contributed by atoms with Gasteiger partial charge in [0.15, 0.2) is 5.69 Å². The molecule has 0 aliphatic heterocycles. The fourth-order valence-corrected chi connectivity index (χ4v) is 1.80. The molecule has 5 nitrogen and oxygen atoms in total. The van der Waals surface area contributed by atoms with Crippen LogP contribution in [0.5, 0.6) is 0 Å². The van der Waals surface area contributed by atoms with Crippen molar-refractivity contribution < 1.29 is 18.3 Å². The quantitative estimate of drug-likeness (QED) is 0.780. The van der Waals surface area contributed by atoms with Crippen molar-refractivity contribution in [2.75, 3.05) is 24.2 Å². The minimum absolute atomic E-state index is 0.0228. The molecule has 0 bridgehead atoms. The van der Waals surface area contributed by atoms with E-state index in [-0.39, 0.29) is 23.7 Å². The Bertz CT molecular complexity index is 471. The maximum Gasteiger partial charge on any atom is 0.433 e. The van der Waals surface area contributed by atoms with Crippen LogP contribution in [-0.4, -0.2) is 34.8 Å². The summed E-state index contributed by atoms with van der Waals surface area (Å²) >= 11 is 0. The van der Waals surface area contributed by atoms with Crippen LogP contribution in [0, 0.1) is 5.41 Å². The molecule has 0 radical (unpaired) electrons. The van der Waals surface area contributed by atoms with E-state index >= 15 is 0 Å². The topological polar surface area (TPSA) is 70.1 Å². The first-order valence-electron chi connectivity index (χ1n) is 6.57. The molecule has 1 atom stereocenters. The van der Waals surface area contributed by atoms with Crippen molar-refractivity contribution >= 4 is 11.8 Å². The first kappa shape index (κ1) is 17.5. The summed E-state index contributed by atoms with van der Waals surface area (Å²) in [5.74, 6) is -0.104. The van der Waals surface area contributed by atoms with E-state index < -0.39 is 18.0 Å². The Kier molecular flexibility index (Phi) is 5.38. The molecule has 3 N–H and O–H groups in total. The zero-order chi connectivity index (χ0) is 16.3. The van der Waals surface area contributed by atoms with Gasteiger partial charge in [0.2, 0.25) is 5.95 Å². The lowest BCUT2D eigenvalue weighted by atomic mass is 9.89. The third kappa shape index (κ3) is 6.16. The molecule has 0 aliphatic rings. The van der Waals surface area contributed by atoms with Gasteiger partial charge in [0.25, 0.3) is 0 Å². The summed E-state index contributed by atoms with van der Waals surface area (Å²) < 4.78 is 38.1. The maximum absolute atomic E-state index is 12.7. The largest absolute Gasteiger partial charge is 0.433 e. The predicted octanol–water partition coefficient (Wildman–Crippen LogP) is 2.75. The first-order valence-corrected chi connectivity index (χ1v) is 6.57. The van der Waals surface area contributed by atoms with Crippen molar-refractivity contribution in [2.24, 2.45) is 5.41 Å². The van der Waals surface area contributed by atoms with Gasteiger partial charge in [-0.05, 0) is 11.8 Å². The summed E-state index contributed by atoms with van der Waals surface area (Å²) in [7, 11) is 1.44. The van der Waals surface area contributed by atoms with Gasteiger partial charge >= 0.3 is 6.18 Å². The molecule has 8 heteroatoms. The fourth-order valence-electron chi connectivity index (χ4n) is 1.80. The second-order valence-corrected chi connectivity index (χ2v) is 6.01. The molecule has 21 heavy (non-hydrogen) atoms. The summed E-state index contributed by atoms with van der Waals surface area (Å²) in [4.78, 5) is 7.25. The lowest BCUT2D eigenvalue weighted by Crippen LogP contribution is -2.25. The zero-order valence-electron chi connectivity index (χ0n) is 12.5. The summed E-state index contributed by atoms with van der Waals surface area (Å²) in [6.07, 6.45) is -4.70. The van der Waals surface area contributed by atoms with E-state index in [2.05, 4.69) is 20.6 Å². The van der Waals surface area contributed by atoms with Crippen molar-refractivity contribution in [3.8, 4) is 0 Å². The highest BCUT2D eigenvalue weighted by molar-refractivity contribution is 5.42. The van der Waals surface area contributed by atoms with Gasteiger partial charge in [-0.2, -0.15) is 18.2 Å². The van der Waals surface area contributed by atoms with Crippen molar-refractivity contribution in [3.63, 3.8) is 0 Å². The number of nitrogens with zero attached hydrogens (tertiary/aromatic N) is 2. The molecule has 0 aromatic carbocycles.